The lowest BCUT2D eigenvalue weighted by atomic mass is 9.98. The van der Waals surface area contributed by atoms with Crippen LogP contribution in [-0.2, 0) is 6.54 Å². The number of halogens is 1. The third-order valence-corrected chi connectivity index (χ3v) is 3.52. The zero-order valence-electron chi connectivity index (χ0n) is 13.3. The molecule has 0 atom stereocenters. The van der Waals surface area contributed by atoms with E-state index >= 15 is 0 Å². The number of hydrogen-bond acceptors (Lipinski definition) is 2. The second kappa shape index (κ2) is 10.9. The molecule has 0 aliphatic rings. The number of nitrogens with zero attached hydrogens (tertiary/aromatic N) is 2. The number of hydrogen-bond donors (Lipinski definition) is 3. The molecular weight excluding hydrogens is 379 g/mol. The lowest BCUT2D eigenvalue weighted by Crippen LogP contribution is -2.40. The third kappa shape index (κ3) is 7.71. The maximum absolute atomic E-state index is 10.3. The minimum atomic E-state index is -0.692. The summed E-state index contributed by atoms with van der Waals surface area (Å²) < 4.78 is 2.12. The largest absolute Gasteiger partial charge is 0.388 e. The van der Waals surface area contributed by atoms with Crippen LogP contribution in [0.3, 0.4) is 0 Å². The Hall–Kier alpha value is -0.760. The van der Waals surface area contributed by atoms with Crippen molar-refractivity contribution in [3.8, 4) is 0 Å². The summed E-state index contributed by atoms with van der Waals surface area (Å²) in [4.78, 5) is 4.48. The van der Waals surface area contributed by atoms with Gasteiger partial charge < -0.3 is 20.3 Å². The van der Waals surface area contributed by atoms with Gasteiger partial charge in [0.2, 0.25) is 0 Å². The maximum Gasteiger partial charge on any atom is 0.191 e. The van der Waals surface area contributed by atoms with Gasteiger partial charge >= 0.3 is 0 Å². The van der Waals surface area contributed by atoms with Crippen molar-refractivity contribution < 1.29 is 5.11 Å². The standard InChI is InChI=1S/C15H28N4O.HI/c1-4-15(20,5-2)13-18-14(16-6-3)17-9-12-19-10-7-8-11-19;/h7-8,10-11,20H,4-6,9,12-13H2,1-3H3,(H2,16,17,18);1H. The van der Waals surface area contributed by atoms with Crippen LogP contribution < -0.4 is 10.6 Å². The summed E-state index contributed by atoms with van der Waals surface area (Å²) in [5.74, 6) is 0.764. The second-order valence-corrected chi connectivity index (χ2v) is 4.97. The highest BCUT2D eigenvalue weighted by atomic mass is 127. The summed E-state index contributed by atoms with van der Waals surface area (Å²) in [5, 5.41) is 16.7. The van der Waals surface area contributed by atoms with Gasteiger partial charge in [0.1, 0.15) is 0 Å². The molecule has 21 heavy (non-hydrogen) atoms. The van der Waals surface area contributed by atoms with Crippen molar-refractivity contribution in [2.24, 2.45) is 4.99 Å². The molecule has 0 amide bonds. The van der Waals surface area contributed by atoms with Crippen molar-refractivity contribution in [2.45, 2.75) is 45.8 Å². The van der Waals surface area contributed by atoms with Crippen molar-refractivity contribution in [1.29, 1.82) is 0 Å². The Bertz CT molecular complexity index is 388. The van der Waals surface area contributed by atoms with Gasteiger partial charge in [0.25, 0.3) is 0 Å². The summed E-state index contributed by atoms with van der Waals surface area (Å²) in [5.41, 5.74) is -0.692. The zero-order chi connectivity index (χ0) is 14.8. The van der Waals surface area contributed by atoms with E-state index in [1.807, 2.05) is 45.3 Å². The first-order valence-corrected chi connectivity index (χ1v) is 7.49. The molecule has 1 rings (SSSR count). The van der Waals surface area contributed by atoms with Crippen LogP contribution in [0.2, 0.25) is 0 Å². The molecule has 1 heterocycles. The van der Waals surface area contributed by atoms with Crippen molar-refractivity contribution in [3.05, 3.63) is 24.5 Å². The lowest BCUT2D eigenvalue weighted by Gasteiger charge is -2.23. The van der Waals surface area contributed by atoms with Gasteiger partial charge in [-0.05, 0) is 31.9 Å². The van der Waals surface area contributed by atoms with E-state index in [4.69, 9.17) is 0 Å². The molecular formula is C15H29IN4O. The molecule has 5 nitrogen and oxygen atoms in total. The number of aliphatic imine (C=N–C) groups is 1. The van der Waals surface area contributed by atoms with Crippen molar-refractivity contribution in [2.75, 3.05) is 19.6 Å². The van der Waals surface area contributed by atoms with Gasteiger partial charge in [-0.1, -0.05) is 13.8 Å². The molecule has 1 aromatic rings. The molecule has 0 fully saturated rings. The molecule has 0 aliphatic carbocycles. The number of rotatable bonds is 8. The van der Waals surface area contributed by atoms with Gasteiger partial charge in [0.15, 0.2) is 5.96 Å². The molecule has 0 bridgehead atoms. The minimum absolute atomic E-state index is 0. The van der Waals surface area contributed by atoms with Crippen molar-refractivity contribution >= 4 is 29.9 Å². The van der Waals surface area contributed by atoms with Crippen LogP contribution in [0.4, 0.5) is 0 Å². The summed E-state index contributed by atoms with van der Waals surface area (Å²) in [7, 11) is 0. The van der Waals surface area contributed by atoms with Gasteiger partial charge in [-0.25, -0.2) is 0 Å². The van der Waals surface area contributed by atoms with E-state index < -0.39 is 5.60 Å². The van der Waals surface area contributed by atoms with E-state index in [9.17, 15) is 5.11 Å². The Morgan fingerprint density at radius 2 is 1.76 bits per heavy atom. The molecule has 0 unspecified atom stereocenters. The van der Waals surface area contributed by atoms with Gasteiger partial charge in [-0.15, -0.1) is 24.0 Å². The molecule has 0 saturated heterocycles. The molecule has 0 saturated carbocycles. The smallest absolute Gasteiger partial charge is 0.191 e. The SMILES string of the molecule is CCNC(=NCC(O)(CC)CC)NCCn1cccc1.I. The Kier molecular flexibility index (Phi) is 10.5. The third-order valence-electron chi connectivity index (χ3n) is 3.52. The highest BCUT2D eigenvalue weighted by molar-refractivity contribution is 14.0. The van der Waals surface area contributed by atoms with E-state index in [0.717, 1.165) is 38.4 Å². The highest BCUT2D eigenvalue weighted by Gasteiger charge is 2.21. The van der Waals surface area contributed by atoms with Crippen LogP contribution in [0.15, 0.2) is 29.5 Å². The molecule has 1 aromatic heterocycles. The van der Waals surface area contributed by atoms with Crippen LogP contribution in [0.25, 0.3) is 0 Å². The van der Waals surface area contributed by atoms with E-state index in [-0.39, 0.29) is 24.0 Å². The second-order valence-electron chi connectivity index (χ2n) is 4.97. The normalized spacial score (nSPS) is 11.9. The summed E-state index contributed by atoms with van der Waals surface area (Å²) in [6.07, 6.45) is 5.52. The van der Waals surface area contributed by atoms with Gasteiger partial charge in [0, 0.05) is 32.0 Å². The molecule has 6 heteroatoms. The molecule has 3 N–H and O–H groups in total. The first kappa shape index (κ1) is 20.2. The minimum Gasteiger partial charge on any atom is -0.388 e. The topological polar surface area (TPSA) is 61.6 Å². The number of guanidine groups is 1. The number of aliphatic hydroxyl groups is 1. The Labute approximate surface area is 145 Å². The van der Waals surface area contributed by atoms with Crippen molar-refractivity contribution in [3.63, 3.8) is 0 Å². The first-order chi connectivity index (χ1) is 9.63. The first-order valence-electron chi connectivity index (χ1n) is 7.49. The fraction of sp³-hybridized carbons (Fsp3) is 0.667. The summed E-state index contributed by atoms with van der Waals surface area (Å²) >= 11 is 0. The Morgan fingerprint density at radius 1 is 1.14 bits per heavy atom. The lowest BCUT2D eigenvalue weighted by molar-refractivity contribution is 0.0418. The fourth-order valence-electron chi connectivity index (χ4n) is 1.86. The van der Waals surface area contributed by atoms with Gasteiger partial charge in [0.05, 0.1) is 12.1 Å². The van der Waals surface area contributed by atoms with E-state index in [1.165, 1.54) is 0 Å². The Balaban J connectivity index is 0.00000400. The summed E-state index contributed by atoms with van der Waals surface area (Å²) in [6.45, 7) is 8.96. The van der Waals surface area contributed by atoms with Crippen LogP contribution in [0, 0.1) is 0 Å². The van der Waals surface area contributed by atoms with E-state index in [1.54, 1.807) is 0 Å². The van der Waals surface area contributed by atoms with Crippen LogP contribution >= 0.6 is 24.0 Å². The monoisotopic (exact) mass is 408 g/mol. The van der Waals surface area contributed by atoms with Crippen LogP contribution in [0.1, 0.15) is 33.6 Å². The van der Waals surface area contributed by atoms with E-state index in [0.29, 0.717) is 6.54 Å². The van der Waals surface area contributed by atoms with Crippen molar-refractivity contribution in [1.82, 2.24) is 15.2 Å². The maximum atomic E-state index is 10.3. The average molecular weight is 408 g/mol. The predicted octanol–water partition coefficient (Wildman–Crippen LogP) is 2.21. The van der Waals surface area contributed by atoms with E-state index in [2.05, 4.69) is 20.2 Å². The summed E-state index contributed by atoms with van der Waals surface area (Å²) in [6, 6.07) is 4.03. The predicted molar refractivity (Wildman–Crippen MR) is 99.4 cm³/mol. The van der Waals surface area contributed by atoms with Gasteiger partial charge in [-0.2, -0.15) is 0 Å². The fourth-order valence-corrected chi connectivity index (χ4v) is 1.86. The number of aromatic nitrogens is 1. The average Bonchev–Trinajstić information content (AvgIpc) is 2.97. The zero-order valence-corrected chi connectivity index (χ0v) is 15.6. The molecule has 0 aliphatic heterocycles. The molecule has 0 radical (unpaired) electrons. The molecule has 0 aromatic carbocycles. The van der Waals surface area contributed by atoms with Gasteiger partial charge in [-0.3, -0.25) is 4.99 Å². The quantitative estimate of drug-likeness (QED) is 0.351. The molecule has 0 spiro atoms. The van der Waals surface area contributed by atoms with Crippen LogP contribution in [0.5, 0.6) is 0 Å². The molecule has 122 valence electrons. The van der Waals surface area contributed by atoms with Crippen LogP contribution in [-0.4, -0.2) is 40.9 Å². The Morgan fingerprint density at radius 3 is 2.29 bits per heavy atom. The number of nitrogens with one attached hydrogen (secondary N) is 2. The highest BCUT2D eigenvalue weighted by Crippen LogP contribution is 2.14.